The molecular formula is C17H18FNOS. The van der Waals surface area contributed by atoms with Crippen LogP contribution in [-0.2, 0) is 0 Å². The van der Waals surface area contributed by atoms with E-state index in [0.29, 0.717) is 6.61 Å². The van der Waals surface area contributed by atoms with Crippen LogP contribution < -0.4 is 10.1 Å². The Hall–Kier alpha value is -1.68. The van der Waals surface area contributed by atoms with Crippen molar-refractivity contribution >= 4 is 17.4 Å². The quantitative estimate of drug-likeness (QED) is 0.870. The van der Waals surface area contributed by atoms with Crippen LogP contribution in [-0.4, -0.2) is 12.4 Å². The molecule has 1 atom stereocenters. The molecule has 1 heterocycles. The van der Waals surface area contributed by atoms with Crippen molar-refractivity contribution in [2.45, 2.75) is 24.3 Å². The molecule has 1 N–H and O–H groups in total. The van der Waals surface area contributed by atoms with Crippen molar-refractivity contribution in [3.63, 3.8) is 0 Å². The molecule has 0 spiro atoms. The van der Waals surface area contributed by atoms with Crippen LogP contribution in [0, 0.1) is 5.82 Å². The summed E-state index contributed by atoms with van der Waals surface area (Å²) in [4.78, 5) is 0.773. The Balaban J connectivity index is 1.89. The molecule has 2 aromatic carbocycles. The topological polar surface area (TPSA) is 21.3 Å². The third-order valence-corrected chi connectivity index (χ3v) is 4.70. The summed E-state index contributed by atoms with van der Waals surface area (Å²) in [6.45, 7) is 2.60. The first-order valence-electron chi connectivity index (χ1n) is 7.19. The number of benzene rings is 2. The number of nitrogens with one attached hydrogen (secondary N) is 1. The molecule has 0 saturated carbocycles. The van der Waals surface area contributed by atoms with Gasteiger partial charge in [-0.2, -0.15) is 0 Å². The van der Waals surface area contributed by atoms with E-state index in [0.717, 1.165) is 34.1 Å². The smallest absolute Gasteiger partial charge is 0.142 e. The number of ether oxygens (including phenoxy) is 1. The molecule has 0 radical (unpaired) electrons. The maximum Gasteiger partial charge on any atom is 0.142 e. The van der Waals surface area contributed by atoms with Gasteiger partial charge in [-0.15, -0.1) is 11.8 Å². The number of hydrogen-bond donors (Lipinski definition) is 1. The summed E-state index contributed by atoms with van der Waals surface area (Å²) >= 11 is 1.60. The van der Waals surface area contributed by atoms with E-state index in [2.05, 4.69) is 5.32 Å². The molecule has 2 nitrogen and oxygen atoms in total. The summed E-state index contributed by atoms with van der Waals surface area (Å²) in [5.41, 5.74) is 2.00. The summed E-state index contributed by atoms with van der Waals surface area (Å²) in [7, 11) is 0. The van der Waals surface area contributed by atoms with Crippen LogP contribution in [0.3, 0.4) is 0 Å². The van der Waals surface area contributed by atoms with Gasteiger partial charge in [0.25, 0.3) is 0 Å². The number of hydrogen-bond acceptors (Lipinski definition) is 3. The molecule has 110 valence electrons. The van der Waals surface area contributed by atoms with Crippen LogP contribution in [0.1, 0.15) is 24.9 Å². The zero-order chi connectivity index (χ0) is 14.7. The lowest BCUT2D eigenvalue weighted by Crippen LogP contribution is -2.17. The van der Waals surface area contributed by atoms with E-state index in [1.807, 2.05) is 37.3 Å². The lowest BCUT2D eigenvalue weighted by atomic mass is 10.0. The summed E-state index contributed by atoms with van der Waals surface area (Å²) < 4.78 is 19.6. The second kappa shape index (κ2) is 6.39. The van der Waals surface area contributed by atoms with Gasteiger partial charge in [0.1, 0.15) is 11.6 Å². The highest BCUT2D eigenvalue weighted by Gasteiger charge is 2.23. The summed E-state index contributed by atoms with van der Waals surface area (Å²) in [5, 5.41) is 3.51. The zero-order valence-electron chi connectivity index (χ0n) is 11.9. The van der Waals surface area contributed by atoms with Crippen molar-refractivity contribution in [3.05, 3.63) is 53.8 Å². The average molecular weight is 303 g/mol. The Morgan fingerprint density at radius 1 is 1.24 bits per heavy atom. The van der Waals surface area contributed by atoms with Gasteiger partial charge >= 0.3 is 0 Å². The van der Waals surface area contributed by atoms with Gasteiger partial charge in [0.2, 0.25) is 0 Å². The van der Waals surface area contributed by atoms with Crippen molar-refractivity contribution in [2.24, 2.45) is 0 Å². The van der Waals surface area contributed by atoms with E-state index < -0.39 is 0 Å². The predicted octanol–water partition coefficient (Wildman–Crippen LogP) is 4.87. The van der Waals surface area contributed by atoms with Crippen LogP contribution in [0.15, 0.2) is 47.4 Å². The van der Waals surface area contributed by atoms with Crippen molar-refractivity contribution in [1.29, 1.82) is 0 Å². The van der Waals surface area contributed by atoms with Crippen molar-refractivity contribution in [1.82, 2.24) is 0 Å². The van der Waals surface area contributed by atoms with Crippen molar-refractivity contribution in [2.75, 3.05) is 17.7 Å². The van der Waals surface area contributed by atoms with Gasteiger partial charge in [0, 0.05) is 10.6 Å². The van der Waals surface area contributed by atoms with Crippen molar-refractivity contribution in [3.8, 4) is 5.75 Å². The van der Waals surface area contributed by atoms with E-state index in [1.165, 1.54) is 6.07 Å². The molecule has 21 heavy (non-hydrogen) atoms. The molecule has 0 amide bonds. The number of halogens is 1. The van der Waals surface area contributed by atoms with Gasteiger partial charge in [0.15, 0.2) is 0 Å². The molecule has 0 bridgehead atoms. The van der Waals surface area contributed by atoms with Gasteiger partial charge in [-0.25, -0.2) is 4.39 Å². The van der Waals surface area contributed by atoms with E-state index >= 15 is 0 Å². The normalized spacial score (nSPS) is 17.1. The summed E-state index contributed by atoms with van der Waals surface area (Å²) in [6, 6.07) is 13.3. The van der Waals surface area contributed by atoms with Crippen LogP contribution in [0.5, 0.6) is 5.75 Å². The molecule has 2 aromatic rings. The van der Waals surface area contributed by atoms with Gasteiger partial charge in [-0.1, -0.05) is 24.3 Å². The first-order valence-corrected chi connectivity index (χ1v) is 8.17. The highest BCUT2D eigenvalue weighted by molar-refractivity contribution is 7.99. The average Bonchev–Trinajstić information content (AvgIpc) is 2.51. The van der Waals surface area contributed by atoms with Crippen molar-refractivity contribution < 1.29 is 9.13 Å². The Labute approximate surface area is 128 Å². The van der Waals surface area contributed by atoms with E-state index in [-0.39, 0.29) is 11.9 Å². The number of thioether (sulfide) groups is 1. The molecule has 1 aliphatic rings. The van der Waals surface area contributed by atoms with Gasteiger partial charge in [-0.05, 0) is 37.1 Å². The third kappa shape index (κ3) is 3.00. The number of rotatable bonds is 4. The minimum atomic E-state index is -0.123. The fourth-order valence-corrected chi connectivity index (χ4v) is 3.73. The molecule has 1 aliphatic heterocycles. The largest absolute Gasteiger partial charge is 0.492 e. The first kappa shape index (κ1) is 14.3. The molecule has 4 heteroatoms. The summed E-state index contributed by atoms with van der Waals surface area (Å²) in [5.74, 6) is 1.64. The standard InChI is InChI=1S/C17H18FNOS/c1-2-20-16-9-4-3-8-15(16)19-14-10-11-21-17-12(14)6-5-7-13(17)18/h3-9,14,19H,2,10-11H2,1H3. The minimum absolute atomic E-state index is 0.123. The van der Waals surface area contributed by atoms with Crippen LogP contribution in [0.4, 0.5) is 10.1 Å². The Morgan fingerprint density at radius 2 is 2.10 bits per heavy atom. The zero-order valence-corrected chi connectivity index (χ0v) is 12.8. The Morgan fingerprint density at radius 3 is 2.95 bits per heavy atom. The SMILES string of the molecule is CCOc1ccccc1NC1CCSc2c(F)cccc21. The maximum atomic E-state index is 13.9. The Bertz CT molecular complexity index is 632. The molecule has 0 fully saturated rings. The molecule has 3 rings (SSSR count). The predicted molar refractivity (Wildman–Crippen MR) is 85.7 cm³/mol. The lowest BCUT2D eigenvalue weighted by molar-refractivity contribution is 0.341. The maximum absolute atomic E-state index is 13.9. The van der Waals surface area contributed by atoms with E-state index in [9.17, 15) is 4.39 Å². The highest BCUT2D eigenvalue weighted by Crippen LogP contribution is 2.40. The second-order valence-corrected chi connectivity index (χ2v) is 6.03. The van der Waals surface area contributed by atoms with Crippen LogP contribution >= 0.6 is 11.8 Å². The molecule has 1 unspecified atom stereocenters. The first-order chi connectivity index (χ1) is 10.3. The van der Waals surface area contributed by atoms with E-state index in [4.69, 9.17) is 4.74 Å². The van der Waals surface area contributed by atoms with Crippen LogP contribution in [0.2, 0.25) is 0 Å². The Kier molecular flexibility index (Phi) is 4.34. The monoisotopic (exact) mass is 303 g/mol. The van der Waals surface area contributed by atoms with Crippen LogP contribution in [0.25, 0.3) is 0 Å². The summed E-state index contributed by atoms with van der Waals surface area (Å²) in [6.07, 6.45) is 0.974. The van der Waals surface area contributed by atoms with Gasteiger partial charge in [0.05, 0.1) is 18.3 Å². The molecule has 0 saturated heterocycles. The van der Waals surface area contributed by atoms with Gasteiger partial charge < -0.3 is 10.1 Å². The third-order valence-electron chi connectivity index (χ3n) is 3.54. The molecule has 0 aliphatic carbocycles. The number of fused-ring (bicyclic) bond motifs is 1. The highest BCUT2D eigenvalue weighted by atomic mass is 32.2. The molecular weight excluding hydrogens is 285 g/mol. The minimum Gasteiger partial charge on any atom is -0.492 e. The number of para-hydroxylation sites is 2. The fraction of sp³-hybridized carbons (Fsp3) is 0.294. The van der Waals surface area contributed by atoms with E-state index in [1.54, 1.807) is 17.8 Å². The lowest BCUT2D eigenvalue weighted by Gasteiger charge is -2.27. The van der Waals surface area contributed by atoms with Gasteiger partial charge in [-0.3, -0.25) is 0 Å². The molecule has 0 aromatic heterocycles. The second-order valence-electron chi connectivity index (χ2n) is 4.92. The number of anilines is 1. The fourth-order valence-electron chi connectivity index (χ4n) is 2.59.